The van der Waals surface area contributed by atoms with Crippen LogP contribution in [0.3, 0.4) is 0 Å². The van der Waals surface area contributed by atoms with Gasteiger partial charge in [0.1, 0.15) is 4.60 Å². The average Bonchev–Trinajstić information content (AvgIpc) is 2.67. The Kier molecular flexibility index (Phi) is 1.69. The van der Waals surface area contributed by atoms with E-state index in [4.69, 9.17) is 5.73 Å². The minimum atomic E-state index is 0.344. The molecule has 0 unspecified atom stereocenters. The summed E-state index contributed by atoms with van der Waals surface area (Å²) in [6, 6.07) is 6.30. The van der Waals surface area contributed by atoms with Crippen LogP contribution in [-0.2, 0) is 0 Å². The van der Waals surface area contributed by atoms with Gasteiger partial charge in [0.15, 0.2) is 0 Å². The van der Waals surface area contributed by atoms with Crippen LogP contribution in [0, 0.1) is 0 Å². The summed E-state index contributed by atoms with van der Waals surface area (Å²) in [6.45, 7) is 0. The van der Waals surface area contributed by atoms with E-state index in [0.29, 0.717) is 12.0 Å². The monoisotopic (exact) mass is 212 g/mol. The van der Waals surface area contributed by atoms with Gasteiger partial charge in [0.25, 0.3) is 0 Å². The van der Waals surface area contributed by atoms with Gasteiger partial charge in [-0.1, -0.05) is 6.07 Å². The molecule has 0 saturated heterocycles. The lowest BCUT2D eigenvalue weighted by atomic mass is 10.2. The van der Waals surface area contributed by atoms with Crippen molar-refractivity contribution in [2.24, 2.45) is 5.73 Å². The van der Waals surface area contributed by atoms with Crippen molar-refractivity contribution in [3.8, 4) is 0 Å². The first-order valence-electron chi connectivity index (χ1n) is 3.65. The summed E-state index contributed by atoms with van der Waals surface area (Å²) in [5.41, 5.74) is 6.81. The first-order valence-corrected chi connectivity index (χ1v) is 4.45. The van der Waals surface area contributed by atoms with Crippen molar-refractivity contribution in [1.82, 2.24) is 4.98 Å². The van der Waals surface area contributed by atoms with Crippen LogP contribution in [0.15, 0.2) is 22.8 Å². The SMILES string of the molecule is N[C@@H]1C[C@H]1c1cccc(Br)n1. The first kappa shape index (κ1) is 7.25. The Balaban J connectivity index is 2.25. The third-order valence-electron chi connectivity index (χ3n) is 1.96. The molecule has 0 aromatic carbocycles. The normalized spacial score (nSPS) is 28.5. The molecule has 2 atom stereocenters. The molecule has 0 radical (unpaired) electrons. The highest BCUT2D eigenvalue weighted by atomic mass is 79.9. The van der Waals surface area contributed by atoms with Crippen LogP contribution >= 0.6 is 15.9 Å². The zero-order valence-corrected chi connectivity index (χ0v) is 7.58. The summed E-state index contributed by atoms with van der Waals surface area (Å²) in [5, 5.41) is 0. The van der Waals surface area contributed by atoms with Gasteiger partial charge in [-0.3, -0.25) is 0 Å². The summed E-state index contributed by atoms with van der Waals surface area (Å²) in [5.74, 6) is 0.507. The van der Waals surface area contributed by atoms with Crippen LogP contribution in [0.2, 0.25) is 0 Å². The van der Waals surface area contributed by atoms with Gasteiger partial charge in [-0.15, -0.1) is 0 Å². The smallest absolute Gasteiger partial charge is 0.106 e. The third-order valence-corrected chi connectivity index (χ3v) is 2.40. The maximum absolute atomic E-state index is 5.69. The first-order chi connectivity index (χ1) is 5.27. The Morgan fingerprint density at radius 2 is 2.27 bits per heavy atom. The van der Waals surface area contributed by atoms with E-state index >= 15 is 0 Å². The number of nitrogens with zero attached hydrogens (tertiary/aromatic N) is 1. The van der Waals surface area contributed by atoms with Gasteiger partial charge in [-0.2, -0.15) is 0 Å². The highest BCUT2D eigenvalue weighted by molar-refractivity contribution is 9.10. The number of halogens is 1. The summed E-state index contributed by atoms with van der Waals surface area (Å²) in [6.07, 6.45) is 1.09. The maximum atomic E-state index is 5.69. The topological polar surface area (TPSA) is 38.9 Å². The molecule has 1 aromatic heterocycles. The molecule has 0 aliphatic heterocycles. The van der Waals surface area contributed by atoms with Crippen molar-refractivity contribution in [3.05, 3.63) is 28.5 Å². The summed E-state index contributed by atoms with van der Waals surface area (Å²) in [7, 11) is 0. The molecular weight excluding hydrogens is 204 g/mol. The standard InChI is InChI=1S/C8H9BrN2/c9-8-3-1-2-7(11-8)5-4-6(5)10/h1-3,5-6H,4,10H2/t5-,6-/m1/s1. The summed E-state index contributed by atoms with van der Waals surface area (Å²) < 4.78 is 0.897. The van der Waals surface area contributed by atoms with Gasteiger partial charge in [-0.05, 0) is 34.5 Å². The van der Waals surface area contributed by atoms with Gasteiger partial charge >= 0.3 is 0 Å². The molecule has 11 heavy (non-hydrogen) atoms. The van der Waals surface area contributed by atoms with Crippen molar-refractivity contribution in [1.29, 1.82) is 0 Å². The second-order valence-corrected chi connectivity index (χ2v) is 3.70. The number of hydrogen-bond acceptors (Lipinski definition) is 2. The molecule has 2 rings (SSSR count). The molecular formula is C8H9BrN2. The molecule has 0 bridgehead atoms. The molecule has 3 heteroatoms. The van der Waals surface area contributed by atoms with Crippen LogP contribution in [0.4, 0.5) is 0 Å². The van der Waals surface area contributed by atoms with E-state index < -0.39 is 0 Å². The minimum Gasteiger partial charge on any atom is -0.327 e. The molecule has 2 nitrogen and oxygen atoms in total. The van der Waals surface area contributed by atoms with Crippen molar-refractivity contribution in [2.75, 3.05) is 0 Å². The Labute approximate surface area is 73.9 Å². The molecule has 1 heterocycles. The second kappa shape index (κ2) is 2.57. The molecule has 2 N–H and O–H groups in total. The highest BCUT2D eigenvalue weighted by Gasteiger charge is 2.35. The molecule has 0 amide bonds. The highest BCUT2D eigenvalue weighted by Crippen LogP contribution is 2.37. The number of rotatable bonds is 1. The van der Waals surface area contributed by atoms with Crippen LogP contribution in [0.1, 0.15) is 18.0 Å². The van der Waals surface area contributed by atoms with E-state index in [9.17, 15) is 0 Å². The molecule has 1 aromatic rings. The molecule has 58 valence electrons. The number of aromatic nitrogens is 1. The third kappa shape index (κ3) is 1.44. The maximum Gasteiger partial charge on any atom is 0.106 e. The fraction of sp³-hybridized carbons (Fsp3) is 0.375. The Morgan fingerprint density at radius 3 is 2.82 bits per heavy atom. The number of nitrogens with two attached hydrogens (primary N) is 1. The fourth-order valence-electron chi connectivity index (χ4n) is 1.19. The van der Waals surface area contributed by atoms with E-state index in [1.165, 1.54) is 0 Å². The van der Waals surface area contributed by atoms with E-state index in [1.807, 2.05) is 18.2 Å². The lowest BCUT2D eigenvalue weighted by molar-refractivity contribution is 0.939. The predicted molar refractivity (Wildman–Crippen MR) is 47.3 cm³/mol. The molecule has 1 aliphatic carbocycles. The largest absolute Gasteiger partial charge is 0.327 e. The average molecular weight is 213 g/mol. The fourth-order valence-corrected chi connectivity index (χ4v) is 1.54. The Morgan fingerprint density at radius 1 is 1.55 bits per heavy atom. The van der Waals surface area contributed by atoms with Crippen LogP contribution in [-0.4, -0.2) is 11.0 Å². The quantitative estimate of drug-likeness (QED) is 0.720. The summed E-state index contributed by atoms with van der Waals surface area (Å²) >= 11 is 3.33. The van der Waals surface area contributed by atoms with Gasteiger partial charge in [0.05, 0.1) is 0 Å². The van der Waals surface area contributed by atoms with E-state index in [2.05, 4.69) is 20.9 Å². The molecule has 1 fully saturated rings. The molecule has 1 saturated carbocycles. The van der Waals surface area contributed by atoms with Gasteiger partial charge in [0, 0.05) is 17.7 Å². The second-order valence-electron chi connectivity index (χ2n) is 2.89. The predicted octanol–water partition coefficient (Wildman–Crippen LogP) is 1.66. The minimum absolute atomic E-state index is 0.344. The van der Waals surface area contributed by atoms with Crippen LogP contribution in [0.5, 0.6) is 0 Å². The summed E-state index contributed by atoms with van der Waals surface area (Å²) in [4.78, 5) is 4.32. The molecule has 1 aliphatic rings. The zero-order chi connectivity index (χ0) is 7.84. The Bertz CT molecular complexity index is 275. The van der Waals surface area contributed by atoms with Gasteiger partial charge < -0.3 is 5.73 Å². The Hall–Kier alpha value is -0.410. The number of hydrogen-bond donors (Lipinski definition) is 1. The van der Waals surface area contributed by atoms with Crippen LogP contribution in [0.25, 0.3) is 0 Å². The lowest BCUT2D eigenvalue weighted by Gasteiger charge is -1.96. The van der Waals surface area contributed by atoms with Gasteiger partial charge in [0.2, 0.25) is 0 Å². The molecule has 0 spiro atoms. The lowest BCUT2D eigenvalue weighted by Crippen LogP contribution is -2.01. The van der Waals surface area contributed by atoms with Crippen molar-refractivity contribution >= 4 is 15.9 Å². The zero-order valence-electron chi connectivity index (χ0n) is 6.00. The van der Waals surface area contributed by atoms with Gasteiger partial charge in [-0.25, -0.2) is 4.98 Å². The van der Waals surface area contributed by atoms with E-state index in [1.54, 1.807) is 0 Å². The van der Waals surface area contributed by atoms with E-state index in [-0.39, 0.29) is 0 Å². The van der Waals surface area contributed by atoms with Crippen LogP contribution < -0.4 is 5.73 Å². The van der Waals surface area contributed by atoms with Crippen molar-refractivity contribution < 1.29 is 0 Å². The van der Waals surface area contributed by atoms with Crippen molar-refractivity contribution in [2.45, 2.75) is 18.4 Å². The number of pyridine rings is 1. The van der Waals surface area contributed by atoms with Crippen molar-refractivity contribution in [3.63, 3.8) is 0 Å². The van der Waals surface area contributed by atoms with E-state index in [0.717, 1.165) is 16.7 Å².